The molecule has 1 saturated heterocycles. The van der Waals surface area contributed by atoms with E-state index in [1.54, 1.807) is 17.7 Å². The number of carbonyl (C=O) groups excluding carboxylic acids is 1. The van der Waals surface area contributed by atoms with Crippen LogP contribution in [-0.2, 0) is 16.3 Å². The van der Waals surface area contributed by atoms with Crippen molar-refractivity contribution in [2.24, 2.45) is 0 Å². The number of tetrazole rings is 1. The van der Waals surface area contributed by atoms with Crippen LogP contribution < -0.4 is 5.32 Å². The summed E-state index contributed by atoms with van der Waals surface area (Å²) in [6, 6.07) is 13.5. The standard InChI is InChI=1S/C22H25N5O3S/c1-4-20-24-25-26-27(20)19-12-17(16-7-5-15(2)6-8-16)11-18(13-19)21(28)23-22(3)9-10-31(29,30)14-22/h5-8,11-13H,4,9-10,14H2,1-3H3,(H,23,28). The molecule has 2 aromatic carbocycles. The van der Waals surface area contributed by atoms with Crippen molar-refractivity contribution >= 4 is 15.7 Å². The first-order valence-electron chi connectivity index (χ1n) is 10.2. The van der Waals surface area contributed by atoms with Gasteiger partial charge >= 0.3 is 0 Å². The maximum absolute atomic E-state index is 13.2. The molecule has 0 saturated carbocycles. The normalized spacial score (nSPS) is 20.0. The average molecular weight is 440 g/mol. The maximum atomic E-state index is 13.2. The first-order valence-corrected chi connectivity index (χ1v) is 12.0. The zero-order chi connectivity index (χ0) is 22.2. The van der Waals surface area contributed by atoms with Crippen molar-refractivity contribution in [3.63, 3.8) is 0 Å². The van der Waals surface area contributed by atoms with Crippen molar-refractivity contribution in [2.45, 2.75) is 39.2 Å². The number of hydrogen-bond donors (Lipinski definition) is 1. The molecule has 31 heavy (non-hydrogen) atoms. The van der Waals surface area contributed by atoms with Crippen molar-refractivity contribution in [2.75, 3.05) is 11.5 Å². The Kier molecular flexibility index (Phi) is 5.38. The highest BCUT2D eigenvalue weighted by molar-refractivity contribution is 7.91. The fraction of sp³-hybridized carbons (Fsp3) is 0.364. The van der Waals surface area contributed by atoms with Crippen LogP contribution in [0.4, 0.5) is 0 Å². The molecule has 9 heteroatoms. The highest BCUT2D eigenvalue weighted by Crippen LogP contribution is 2.27. The molecule has 1 unspecified atom stereocenters. The first-order chi connectivity index (χ1) is 14.7. The summed E-state index contributed by atoms with van der Waals surface area (Å²) in [7, 11) is -3.13. The van der Waals surface area contributed by atoms with Gasteiger partial charge in [0.25, 0.3) is 5.91 Å². The number of sulfone groups is 1. The van der Waals surface area contributed by atoms with Gasteiger partial charge in [0.1, 0.15) is 0 Å². The van der Waals surface area contributed by atoms with E-state index in [0.29, 0.717) is 29.9 Å². The van der Waals surface area contributed by atoms with Crippen LogP contribution in [0.15, 0.2) is 42.5 Å². The predicted octanol–water partition coefficient (Wildman–Crippen LogP) is 2.51. The maximum Gasteiger partial charge on any atom is 0.251 e. The van der Waals surface area contributed by atoms with Crippen molar-refractivity contribution in [1.29, 1.82) is 0 Å². The fourth-order valence-electron chi connectivity index (χ4n) is 3.86. The van der Waals surface area contributed by atoms with Crippen molar-refractivity contribution in [3.8, 4) is 16.8 Å². The number of benzene rings is 2. The van der Waals surface area contributed by atoms with Gasteiger partial charge in [-0.2, -0.15) is 4.68 Å². The lowest BCUT2D eigenvalue weighted by atomic mass is 9.98. The van der Waals surface area contributed by atoms with Gasteiger partial charge in [0, 0.05) is 12.0 Å². The lowest BCUT2D eigenvalue weighted by Gasteiger charge is -2.24. The summed E-state index contributed by atoms with van der Waals surface area (Å²) in [4.78, 5) is 13.2. The van der Waals surface area contributed by atoms with E-state index in [1.165, 1.54) is 0 Å². The Balaban J connectivity index is 1.76. The summed E-state index contributed by atoms with van der Waals surface area (Å²) in [5, 5.41) is 14.8. The van der Waals surface area contributed by atoms with Gasteiger partial charge in [-0.1, -0.05) is 36.8 Å². The zero-order valence-electron chi connectivity index (χ0n) is 17.8. The second-order valence-electron chi connectivity index (χ2n) is 8.35. The number of amides is 1. The lowest BCUT2D eigenvalue weighted by Crippen LogP contribution is -2.46. The number of nitrogens with zero attached hydrogens (tertiary/aromatic N) is 4. The molecule has 8 nitrogen and oxygen atoms in total. The van der Waals surface area contributed by atoms with Crippen LogP contribution in [0.3, 0.4) is 0 Å². The molecule has 1 atom stereocenters. The van der Waals surface area contributed by atoms with E-state index < -0.39 is 15.4 Å². The third kappa shape index (κ3) is 4.51. The molecule has 0 spiro atoms. The summed E-state index contributed by atoms with van der Waals surface area (Å²) in [5.74, 6) is 0.397. The summed E-state index contributed by atoms with van der Waals surface area (Å²) in [5.41, 5.74) is 3.28. The van der Waals surface area contributed by atoms with Gasteiger partial charge in [0.05, 0.1) is 22.7 Å². The fourth-order valence-corrected chi connectivity index (χ4v) is 5.95. The van der Waals surface area contributed by atoms with Gasteiger partial charge in [-0.3, -0.25) is 4.79 Å². The molecule has 162 valence electrons. The second-order valence-corrected chi connectivity index (χ2v) is 10.5. The predicted molar refractivity (Wildman–Crippen MR) is 118 cm³/mol. The molecule has 0 aliphatic carbocycles. The topological polar surface area (TPSA) is 107 Å². The number of carbonyl (C=O) groups is 1. The Morgan fingerprint density at radius 3 is 2.55 bits per heavy atom. The SMILES string of the molecule is CCc1nnnn1-c1cc(C(=O)NC2(C)CCS(=O)(=O)C2)cc(-c2ccc(C)cc2)c1. The number of rotatable bonds is 5. The molecule has 0 bridgehead atoms. The minimum absolute atomic E-state index is 0.0524. The van der Waals surface area contributed by atoms with Gasteiger partial charge < -0.3 is 5.32 Å². The van der Waals surface area contributed by atoms with E-state index >= 15 is 0 Å². The monoisotopic (exact) mass is 439 g/mol. The van der Waals surface area contributed by atoms with E-state index in [4.69, 9.17) is 0 Å². The Bertz CT molecular complexity index is 1230. The largest absolute Gasteiger partial charge is 0.346 e. The summed E-state index contributed by atoms with van der Waals surface area (Å²) in [6.45, 7) is 5.75. The second kappa shape index (κ2) is 7.88. The van der Waals surface area contributed by atoms with Crippen LogP contribution in [0.1, 0.15) is 42.0 Å². The third-order valence-corrected chi connectivity index (χ3v) is 7.48. The van der Waals surface area contributed by atoms with E-state index in [-0.39, 0.29) is 17.4 Å². The minimum atomic E-state index is -3.13. The quantitative estimate of drug-likeness (QED) is 0.655. The molecule has 4 rings (SSSR count). The van der Waals surface area contributed by atoms with E-state index in [0.717, 1.165) is 16.7 Å². The van der Waals surface area contributed by atoms with Crippen LogP contribution in [0.5, 0.6) is 0 Å². The molecule has 1 fully saturated rings. The molecule has 1 aliphatic rings. The van der Waals surface area contributed by atoms with E-state index in [9.17, 15) is 13.2 Å². The van der Waals surface area contributed by atoms with Crippen LogP contribution >= 0.6 is 0 Å². The number of nitrogens with one attached hydrogen (secondary N) is 1. The third-order valence-electron chi connectivity index (χ3n) is 5.58. The highest BCUT2D eigenvalue weighted by Gasteiger charge is 2.39. The Hall–Kier alpha value is -3.07. The number of aromatic nitrogens is 4. The Labute approximate surface area is 181 Å². The molecular formula is C22H25N5O3S. The van der Waals surface area contributed by atoms with Crippen LogP contribution in [0.25, 0.3) is 16.8 Å². The van der Waals surface area contributed by atoms with Crippen molar-refractivity contribution in [3.05, 3.63) is 59.4 Å². The highest BCUT2D eigenvalue weighted by atomic mass is 32.2. The number of aryl methyl sites for hydroxylation is 2. The van der Waals surface area contributed by atoms with Crippen LogP contribution in [-0.4, -0.2) is 51.6 Å². The lowest BCUT2D eigenvalue weighted by molar-refractivity contribution is 0.0915. The number of hydrogen-bond acceptors (Lipinski definition) is 6. The Morgan fingerprint density at radius 1 is 1.16 bits per heavy atom. The summed E-state index contributed by atoms with van der Waals surface area (Å²) < 4.78 is 25.5. The summed E-state index contributed by atoms with van der Waals surface area (Å²) in [6.07, 6.45) is 1.04. The average Bonchev–Trinajstić information content (AvgIpc) is 3.31. The molecule has 1 aliphatic heterocycles. The molecule has 3 aromatic rings. The smallest absolute Gasteiger partial charge is 0.251 e. The molecule has 0 radical (unpaired) electrons. The molecule has 1 aromatic heterocycles. The molecular weight excluding hydrogens is 414 g/mol. The van der Waals surface area contributed by atoms with Gasteiger partial charge in [-0.15, -0.1) is 5.10 Å². The minimum Gasteiger partial charge on any atom is -0.346 e. The van der Waals surface area contributed by atoms with Crippen molar-refractivity contribution in [1.82, 2.24) is 25.5 Å². The van der Waals surface area contributed by atoms with Gasteiger partial charge in [-0.05, 0) is 60.0 Å². The van der Waals surface area contributed by atoms with Gasteiger partial charge in [0.15, 0.2) is 15.7 Å². The summed E-state index contributed by atoms with van der Waals surface area (Å²) >= 11 is 0. The van der Waals surface area contributed by atoms with Crippen LogP contribution in [0, 0.1) is 6.92 Å². The Morgan fingerprint density at radius 2 is 1.90 bits per heavy atom. The van der Waals surface area contributed by atoms with E-state index in [2.05, 4.69) is 20.8 Å². The van der Waals surface area contributed by atoms with Crippen LogP contribution in [0.2, 0.25) is 0 Å². The zero-order valence-corrected chi connectivity index (χ0v) is 18.6. The molecule has 1 amide bonds. The first kappa shape index (κ1) is 21.2. The van der Waals surface area contributed by atoms with Gasteiger partial charge in [-0.25, -0.2) is 8.42 Å². The van der Waals surface area contributed by atoms with Crippen molar-refractivity contribution < 1.29 is 13.2 Å². The van der Waals surface area contributed by atoms with Gasteiger partial charge in [0.2, 0.25) is 0 Å². The van der Waals surface area contributed by atoms with E-state index in [1.807, 2.05) is 50.2 Å². The molecule has 1 N–H and O–H groups in total. The molecule has 2 heterocycles.